The van der Waals surface area contributed by atoms with Crippen LogP contribution in [0.15, 0.2) is 0 Å². The summed E-state index contributed by atoms with van der Waals surface area (Å²) in [6.45, 7) is 7.21. The summed E-state index contributed by atoms with van der Waals surface area (Å²) in [4.78, 5) is 0. The molecule has 2 N–H and O–H groups in total. The van der Waals surface area contributed by atoms with Gasteiger partial charge in [0.1, 0.15) is 0 Å². The van der Waals surface area contributed by atoms with Gasteiger partial charge in [0.25, 0.3) is 0 Å². The second-order valence-electron chi connectivity index (χ2n) is 3.38. The van der Waals surface area contributed by atoms with Gasteiger partial charge < -0.3 is 14.9 Å². The summed E-state index contributed by atoms with van der Waals surface area (Å²) in [5, 5.41) is 17.2. The van der Waals surface area contributed by atoms with Crippen LogP contribution < -0.4 is 0 Å². The van der Waals surface area contributed by atoms with Gasteiger partial charge in [0.2, 0.25) is 0 Å². The van der Waals surface area contributed by atoms with E-state index in [1.54, 1.807) is 6.92 Å². The molecule has 3 nitrogen and oxygen atoms in total. The molecule has 0 bridgehead atoms. The van der Waals surface area contributed by atoms with E-state index in [1.807, 2.05) is 13.8 Å². The molecule has 1 unspecified atom stereocenters. The van der Waals surface area contributed by atoms with Gasteiger partial charge in [-0.05, 0) is 12.8 Å². The predicted octanol–water partition coefficient (Wildman–Crippen LogP) is 1.04. The summed E-state index contributed by atoms with van der Waals surface area (Å²) >= 11 is 0. The van der Waals surface area contributed by atoms with Crippen LogP contribution >= 0.6 is 0 Å². The maximum Gasteiger partial charge on any atom is 0.0924 e. The topological polar surface area (TPSA) is 49.7 Å². The fourth-order valence-electron chi connectivity index (χ4n) is 1.03. The van der Waals surface area contributed by atoms with Crippen LogP contribution in [-0.4, -0.2) is 35.6 Å². The fourth-order valence-corrected chi connectivity index (χ4v) is 1.03. The third-order valence-corrected chi connectivity index (χ3v) is 2.11. The monoisotopic (exact) mass is 202 g/mol. The molecule has 0 saturated carbocycles. The summed E-state index contributed by atoms with van der Waals surface area (Å²) in [7, 11) is 0. The molecule has 1 aliphatic heterocycles. The van der Waals surface area contributed by atoms with E-state index in [0.29, 0.717) is 19.1 Å². The molecule has 1 rings (SSSR count). The highest BCUT2D eigenvalue weighted by Gasteiger charge is 2.35. The molecular formula is C11H22O3. The first-order chi connectivity index (χ1) is 6.56. The Balaban J connectivity index is 0. The molecule has 1 atom stereocenters. The highest BCUT2D eigenvalue weighted by molar-refractivity contribution is 4.85. The van der Waals surface area contributed by atoms with Crippen molar-refractivity contribution in [2.24, 2.45) is 5.92 Å². The SMILES string of the molecule is C#C.CC(C)C1(O)CCOC1.CCO. The third-order valence-electron chi connectivity index (χ3n) is 2.11. The van der Waals surface area contributed by atoms with Gasteiger partial charge in [-0.3, -0.25) is 0 Å². The Bertz CT molecular complexity index is 135. The Labute approximate surface area is 87.1 Å². The van der Waals surface area contributed by atoms with Crippen LogP contribution in [0.3, 0.4) is 0 Å². The molecule has 1 aliphatic rings. The number of aliphatic hydroxyl groups is 2. The minimum Gasteiger partial charge on any atom is -0.397 e. The molecule has 1 saturated heterocycles. The average Bonchev–Trinajstić information content (AvgIpc) is 2.58. The van der Waals surface area contributed by atoms with E-state index in [1.165, 1.54) is 0 Å². The van der Waals surface area contributed by atoms with Crippen LogP contribution in [0.2, 0.25) is 0 Å². The van der Waals surface area contributed by atoms with Crippen molar-refractivity contribution in [2.75, 3.05) is 19.8 Å². The number of terminal acetylenes is 1. The Kier molecular flexibility index (Phi) is 10.2. The molecule has 1 fully saturated rings. The van der Waals surface area contributed by atoms with Crippen LogP contribution in [0.1, 0.15) is 27.2 Å². The maximum atomic E-state index is 9.64. The summed E-state index contributed by atoms with van der Waals surface area (Å²) in [6, 6.07) is 0. The van der Waals surface area contributed by atoms with Gasteiger partial charge >= 0.3 is 0 Å². The molecule has 0 spiro atoms. The fraction of sp³-hybridized carbons (Fsp3) is 0.818. The number of aliphatic hydroxyl groups excluding tert-OH is 1. The van der Waals surface area contributed by atoms with Crippen molar-refractivity contribution < 1.29 is 14.9 Å². The van der Waals surface area contributed by atoms with Gasteiger partial charge in [-0.15, -0.1) is 12.8 Å². The average molecular weight is 202 g/mol. The van der Waals surface area contributed by atoms with E-state index >= 15 is 0 Å². The van der Waals surface area contributed by atoms with E-state index in [2.05, 4.69) is 12.8 Å². The zero-order valence-corrected chi connectivity index (χ0v) is 9.36. The predicted molar refractivity (Wildman–Crippen MR) is 57.9 cm³/mol. The largest absolute Gasteiger partial charge is 0.397 e. The summed E-state index contributed by atoms with van der Waals surface area (Å²) < 4.78 is 5.07. The molecule has 14 heavy (non-hydrogen) atoms. The van der Waals surface area contributed by atoms with Gasteiger partial charge in [-0.25, -0.2) is 0 Å². The Morgan fingerprint density at radius 1 is 1.43 bits per heavy atom. The summed E-state index contributed by atoms with van der Waals surface area (Å²) in [5.41, 5.74) is -0.528. The van der Waals surface area contributed by atoms with Gasteiger partial charge in [0.15, 0.2) is 0 Å². The highest BCUT2D eigenvalue weighted by atomic mass is 16.5. The maximum absolute atomic E-state index is 9.64. The van der Waals surface area contributed by atoms with E-state index in [-0.39, 0.29) is 6.61 Å². The quantitative estimate of drug-likeness (QED) is 0.625. The normalized spacial score (nSPS) is 24.6. The Morgan fingerprint density at radius 2 is 1.86 bits per heavy atom. The first kappa shape index (κ1) is 15.9. The van der Waals surface area contributed by atoms with Gasteiger partial charge in [0.05, 0.1) is 12.2 Å². The van der Waals surface area contributed by atoms with Gasteiger partial charge in [-0.2, -0.15) is 0 Å². The van der Waals surface area contributed by atoms with Crippen molar-refractivity contribution in [1.29, 1.82) is 0 Å². The van der Waals surface area contributed by atoms with Crippen molar-refractivity contribution in [3.63, 3.8) is 0 Å². The molecule has 0 amide bonds. The van der Waals surface area contributed by atoms with Crippen LogP contribution in [0.5, 0.6) is 0 Å². The Hall–Kier alpha value is -0.560. The molecule has 3 heteroatoms. The molecule has 0 aromatic rings. The van der Waals surface area contributed by atoms with Crippen molar-refractivity contribution in [3.05, 3.63) is 0 Å². The molecule has 0 radical (unpaired) electrons. The lowest BCUT2D eigenvalue weighted by atomic mass is 9.90. The van der Waals surface area contributed by atoms with Gasteiger partial charge in [-0.1, -0.05) is 13.8 Å². The number of rotatable bonds is 1. The minimum absolute atomic E-state index is 0.250. The van der Waals surface area contributed by atoms with E-state index in [0.717, 1.165) is 6.42 Å². The second kappa shape index (κ2) is 9.01. The molecular weight excluding hydrogens is 180 g/mol. The van der Waals surface area contributed by atoms with E-state index in [9.17, 15) is 5.11 Å². The third kappa shape index (κ3) is 5.98. The van der Waals surface area contributed by atoms with Crippen molar-refractivity contribution in [2.45, 2.75) is 32.8 Å². The molecule has 84 valence electrons. The molecule has 0 aliphatic carbocycles. The first-order valence-electron chi connectivity index (χ1n) is 4.81. The minimum atomic E-state index is -0.528. The van der Waals surface area contributed by atoms with Crippen LogP contribution in [0, 0.1) is 18.8 Å². The van der Waals surface area contributed by atoms with Crippen molar-refractivity contribution >= 4 is 0 Å². The lowest BCUT2D eigenvalue weighted by Crippen LogP contribution is -2.34. The number of hydrogen-bond donors (Lipinski definition) is 2. The standard InChI is InChI=1S/C7H14O2.C2H6O.C2H2/c1-6(2)7(8)3-4-9-5-7;1-2-3;1-2/h6,8H,3-5H2,1-2H3;3H,2H2,1H3;1-2H. The summed E-state index contributed by atoms with van der Waals surface area (Å²) in [6.07, 6.45) is 8.80. The van der Waals surface area contributed by atoms with E-state index in [4.69, 9.17) is 9.84 Å². The van der Waals surface area contributed by atoms with Crippen molar-refractivity contribution in [1.82, 2.24) is 0 Å². The number of ether oxygens (including phenoxy) is 1. The van der Waals surface area contributed by atoms with E-state index < -0.39 is 5.60 Å². The van der Waals surface area contributed by atoms with Crippen LogP contribution in [-0.2, 0) is 4.74 Å². The zero-order chi connectivity index (χ0) is 11.6. The second-order valence-corrected chi connectivity index (χ2v) is 3.38. The molecule has 1 heterocycles. The highest BCUT2D eigenvalue weighted by Crippen LogP contribution is 2.26. The lowest BCUT2D eigenvalue weighted by Gasteiger charge is -2.24. The number of hydrogen-bond acceptors (Lipinski definition) is 3. The molecule has 0 aromatic carbocycles. The summed E-state index contributed by atoms with van der Waals surface area (Å²) in [5.74, 6) is 0.319. The van der Waals surface area contributed by atoms with Crippen LogP contribution in [0.25, 0.3) is 0 Å². The van der Waals surface area contributed by atoms with Crippen LogP contribution in [0.4, 0.5) is 0 Å². The smallest absolute Gasteiger partial charge is 0.0924 e. The zero-order valence-electron chi connectivity index (χ0n) is 9.36. The Morgan fingerprint density at radius 3 is 2.00 bits per heavy atom. The molecule has 0 aromatic heterocycles. The van der Waals surface area contributed by atoms with Crippen molar-refractivity contribution in [3.8, 4) is 12.8 Å². The first-order valence-corrected chi connectivity index (χ1v) is 4.81. The van der Waals surface area contributed by atoms with Gasteiger partial charge in [0, 0.05) is 19.6 Å². The lowest BCUT2D eigenvalue weighted by molar-refractivity contribution is -0.0125.